The molecule has 0 aromatic carbocycles. The molecule has 0 radical (unpaired) electrons. The van der Waals surface area contributed by atoms with Crippen LogP contribution in [-0.2, 0) is 0 Å². The molecule has 1 aliphatic rings. The van der Waals surface area contributed by atoms with E-state index in [9.17, 15) is 0 Å². The van der Waals surface area contributed by atoms with Crippen molar-refractivity contribution in [1.29, 1.82) is 0 Å². The molecule has 0 amide bonds. The second-order valence-electron chi connectivity index (χ2n) is 5.56. The molecule has 0 bridgehead atoms. The van der Waals surface area contributed by atoms with Gasteiger partial charge < -0.3 is 10.2 Å². The maximum atomic E-state index is 3.78. The van der Waals surface area contributed by atoms with Crippen LogP contribution >= 0.6 is 11.8 Å². The number of likely N-dealkylation sites (N-methyl/N-ethyl adjacent to an activating group) is 1. The van der Waals surface area contributed by atoms with Crippen LogP contribution in [-0.4, -0.2) is 48.6 Å². The van der Waals surface area contributed by atoms with Crippen LogP contribution in [0.5, 0.6) is 0 Å². The molecule has 0 saturated carbocycles. The Balaban J connectivity index is 2.50. The Morgan fingerprint density at radius 1 is 1.38 bits per heavy atom. The molecule has 96 valence electrons. The van der Waals surface area contributed by atoms with Gasteiger partial charge in [-0.2, -0.15) is 11.8 Å². The minimum absolute atomic E-state index is 0.396. The van der Waals surface area contributed by atoms with Crippen molar-refractivity contribution in [1.82, 2.24) is 10.2 Å². The van der Waals surface area contributed by atoms with Gasteiger partial charge in [-0.15, -0.1) is 0 Å². The zero-order valence-electron chi connectivity index (χ0n) is 11.5. The maximum absolute atomic E-state index is 3.78. The second kappa shape index (κ2) is 6.27. The van der Waals surface area contributed by atoms with Crippen LogP contribution in [0.1, 0.15) is 33.6 Å². The van der Waals surface area contributed by atoms with Crippen LogP contribution in [0.15, 0.2) is 0 Å². The second-order valence-corrected chi connectivity index (χ2v) is 6.67. The fourth-order valence-corrected chi connectivity index (χ4v) is 3.97. The number of hydrogen-bond acceptors (Lipinski definition) is 3. The van der Waals surface area contributed by atoms with Gasteiger partial charge in [0.2, 0.25) is 0 Å². The Hall–Kier alpha value is 0.270. The van der Waals surface area contributed by atoms with Gasteiger partial charge in [0.1, 0.15) is 0 Å². The molecule has 1 fully saturated rings. The van der Waals surface area contributed by atoms with Gasteiger partial charge in [-0.3, -0.25) is 0 Å². The maximum Gasteiger partial charge on any atom is 0.0425 e. The fraction of sp³-hybridized carbons (Fsp3) is 1.00. The van der Waals surface area contributed by atoms with Gasteiger partial charge in [0, 0.05) is 23.9 Å². The highest BCUT2D eigenvalue weighted by Gasteiger charge is 2.36. The van der Waals surface area contributed by atoms with Crippen molar-refractivity contribution < 1.29 is 0 Å². The fourth-order valence-electron chi connectivity index (χ4n) is 2.42. The highest BCUT2D eigenvalue weighted by Crippen LogP contribution is 2.31. The van der Waals surface area contributed by atoms with E-state index in [0.29, 0.717) is 11.6 Å². The van der Waals surface area contributed by atoms with Crippen molar-refractivity contribution >= 4 is 11.8 Å². The molecule has 2 unspecified atom stereocenters. The average Bonchev–Trinajstić information content (AvgIpc) is 2.68. The van der Waals surface area contributed by atoms with Gasteiger partial charge >= 0.3 is 0 Å². The molecule has 0 aromatic rings. The topological polar surface area (TPSA) is 15.3 Å². The highest BCUT2D eigenvalue weighted by molar-refractivity contribution is 7.99. The first-order chi connectivity index (χ1) is 7.52. The van der Waals surface area contributed by atoms with Gasteiger partial charge in [0.05, 0.1) is 0 Å². The third-order valence-electron chi connectivity index (χ3n) is 3.97. The van der Waals surface area contributed by atoms with Crippen molar-refractivity contribution in [2.24, 2.45) is 5.92 Å². The van der Waals surface area contributed by atoms with E-state index in [2.05, 4.69) is 56.8 Å². The molecule has 0 aliphatic carbocycles. The third kappa shape index (κ3) is 3.38. The predicted octanol–water partition coefficient (Wildman–Crippen LogP) is 2.45. The van der Waals surface area contributed by atoms with E-state index >= 15 is 0 Å². The Bertz CT molecular complexity index is 198. The molecule has 0 aromatic heterocycles. The summed E-state index contributed by atoms with van der Waals surface area (Å²) in [5.74, 6) is 3.33. The smallest absolute Gasteiger partial charge is 0.0425 e. The first-order valence-corrected chi connectivity index (χ1v) is 7.66. The van der Waals surface area contributed by atoms with Crippen molar-refractivity contribution in [3.05, 3.63) is 0 Å². The number of thioether (sulfide) groups is 1. The average molecular weight is 244 g/mol. The van der Waals surface area contributed by atoms with Crippen molar-refractivity contribution in [2.45, 2.75) is 45.2 Å². The molecular formula is C13H28N2S. The van der Waals surface area contributed by atoms with Gasteiger partial charge in [-0.25, -0.2) is 0 Å². The Morgan fingerprint density at radius 2 is 2.06 bits per heavy atom. The molecule has 3 heteroatoms. The summed E-state index contributed by atoms with van der Waals surface area (Å²) >= 11 is 2.10. The summed E-state index contributed by atoms with van der Waals surface area (Å²) in [5.41, 5.74) is 0.396. The van der Waals surface area contributed by atoms with Crippen LogP contribution in [0.4, 0.5) is 0 Å². The number of rotatable bonds is 6. The Morgan fingerprint density at radius 3 is 2.44 bits per heavy atom. The van der Waals surface area contributed by atoms with Crippen molar-refractivity contribution in [3.63, 3.8) is 0 Å². The quantitative estimate of drug-likeness (QED) is 0.772. The van der Waals surface area contributed by atoms with E-state index in [0.717, 1.165) is 12.5 Å². The molecule has 1 aliphatic heterocycles. The van der Waals surface area contributed by atoms with Crippen LogP contribution < -0.4 is 5.32 Å². The summed E-state index contributed by atoms with van der Waals surface area (Å²) in [4.78, 5) is 2.42. The summed E-state index contributed by atoms with van der Waals surface area (Å²) in [6.07, 6.45) is 2.56. The monoisotopic (exact) mass is 244 g/mol. The number of hydrogen-bond donors (Lipinski definition) is 1. The van der Waals surface area contributed by atoms with E-state index in [1.54, 1.807) is 0 Å². The summed E-state index contributed by atoms with van der Waals surface area (Å²) in [5, 5.41) is 3.78. The van der Waals surface area contributed by atoms with E-state index in [-0.39, 0.29) is 0 Å². The SMILES string of the molecule is CCC(NCC1(N(C)C)CCSC1)C(C)C. The zero-order valence-corrected chi connectivity index (χ0v) is 12.4. The Labute approximate surface area is 106 Å². The van der Waals surface area contributed by atoms with Gasteiger partial charge in [-0.1, -0.05) is 20.8 Å². The standard InChI is InChI=1S/C13H28N2S/c1-6-12(11(2)3)14-9-13(15(4)5)7-8-16-10-13/h11-12,14H,6-10H2,1-5H3. The van der Waals surface area contributed by atoms with Crippen LogP contribution in [0.3, 0.4) is 0 Å². The molecule has 1 saturated heterocycles. The summed E-state index contributed by atoms with van der Waals surface area (Å²) in [7, 11) is 4.45. The van der Waals surface area contributed by atoms with E-state index in [1.165, 1.54) is 24.3 Å². The summed E-state index contributed by atoms with van der Waals surface area (Å²) in [6.45, 7) is 8.05. The summed E-state index contributed by atoms with van der Waals surface area (Å²) < 4.78 is 0. The molecular weight excluding hydrogens is 216 g/mol. The lowest BCUT2D eigenvalue weighted by atomic mass is 9.95. The lowest BCUT2D eigenvalue weighted by molar-refractivity contribution is 0.165. The first kappa shape index (κ1) is 14.3. The lowest BCUT2D eigenvalue weighted by Gasteiger charge is -2.37. The molecule has 1 N–H and O–H groups in total. The molecule has 16 heavy (non-hydrogen) atoms. The largest absolute Gasteiger partial charge is 0.312 e. The first-order valence-electron chi connectivity index (χ1n) is 6.50. The highest BCUT2D eigenvalue weighted by atomic mass is 32.2. The third-order valence-corrected chi connectivity index (χ3v) is 5.20. The normalized spacial score (nSPS) is 27.9. The minimum Gasteiger partial charge on any atom is -0.312 e. The van der Waals surface area contributed by atoms with E-state index < -0.39 is 0 Å². The van der Waals surface area contributed by atoms with E-state index in [4.69, 9.17) is 0 Å². The van der Waals surface area contributed by atoms with Crippen molar-refractivity contribution in [2.75, 3.05) is 32.1 Å². The van der Waals surface area contributed by atoms with Crippen LogP contribution in [0.2, 0.25) is 0 Å². The van der Waals surface area contributed by atoms with Gasteiger partial charge in [-0.05, 0) is 38.6 Å². The van der Waals surface area contributed by atoms with Crippen LogP contribution in [0.25, 0.3) is 0 Å². The lowest BCUT2D eigenvalue weighted by Crippen LogP contribution is -2.54. The van der Waals surface area contributed by atoms with Crippen LogP contribution in [0, 0.1) is 5.92 Å². The molecule has 1 rings (SSSR count). The number of nitrogens with zero attached hydrogens (tertiary/aromatic N) is 1. The molecule has 2 nitrogen and oxygen atoms in total. The summed E-state index contributed by atoms with van der Waals surface area (Å²) in [6, 6.07) is 0.669. The van der Waals surface area contributed by atoms with Crippen molar-refractivity contribution in [3.8, 4) is 0 Å². The van der Waals surface area contributed by atoms with E-state index in [1.807, 2.05) is 0 Å². The zero-order chi connectivity index (χ0) is 12.2. The predicted molar refractivity (Wildman–Crippen MR) is 75.3 cm³/mol. The number of nitrogens with one attached hydrogen (secondary N) is 1. The molecule has 0 spiro atoms. The molecule has 2 atom stereocenters. The Kier molecular flexibility index (Phi) is 5.62. The molecule has 1 heterocycles. The van der Waals surface area contributed by atoms with Gasteiger partial charge in [0.25, 0.3) is 0 Å². The minimum atomic E-state index is 0.396. The van der Waals surface area contributed by atoms with Gasteiger partial charge in [0.15, 0.2) is 0 Å².